The van der Waals surface area contributed by atoms with Gasteiger partial charge in [0, 0.05) is 6.54 Å². The lowest BCUT2D eigenvalue weighted by Crippen LogP contribution is -2.44. The van der Waals surface area contributed by atoms with Gasteiger partial charge in [-0.3, -0.25) is 4.99 Å². The smallest absolute Gasteiger partial charge is 0.333 e. The fourth-order valence-corrected chi connectivity index (χ4v) is 1.08. The Balaban J connectivity index is 4.07. The normalized spacial score (nSPS) is 15.2. The van der Waals surface area contributed by atoms with Gasteiger partial charge in [0.1, 0.15) is 12.1 Å². The van der Waals surface area contributed by atoms with Crippen molar-refractivity contribution in [3.63, 3.8) is 0 Å². The summed E-state index contributed by atoms with van der Waals surface area (Å²) in [5.41, 5.74) is 21.1. The van der Waals surface area contributed by atoms with Gasteiger partial charge in [-0.1, -0.05) is 0 Å². The van der Waals surface area contributed by atoms with E-state index in [2.05, 4.69) is 9.73 Å². The maximum Gasteiger partial charge on any atom is 0.333 e. The van der Waals surface area contributed by atoms with E-state index in [1.165, 1.54) is 6.92 Å². The third-order valence-electron chi connectivity index (χ3n) is 2.26. The lowest BCUT2D eigenvalue weighted by Gasteiger charge is -2.14. The van der Waals surface area contributed by atoms with Crippen LogP contribution in [0.15, 0.2) is 4.99 Å². The van der Waals surface area contributed by atoms with E-state index in [1.807, 2.05) is 0 Å². The number of carbonyl (C=O) groups excluding carboxylic acids is 2. The molecule has 0 saturated carbocycles. The summed E-state index contributed by atoms with van der Waals surface area (Å²) in [6.07, 6.45) is -0.393. The van der Waals surface area contributed by atoms with Gasteiger partial charge in [0.05, 0.1) is 6.10 Å². The number of nitrogens with zero attached hydrogens (tertiary/aromatic N) is 1. The van der Waals surface area contributed by atoms with Crippen LogP contribution in [0.5, 0.6) is 0 Å². The maximum atomic E-state index is 11.4. The fourth-order valence-electron chi connectivity index (χ4n) is 1.08. The summed E-state index contributed by atoms with van der Waals surface area (Å²) < 4.78 is 4.44. The molecular formula is C10H21N5O4. The standard InChI is InChI=1S/C10H21N5O4/c1-5(16)7(12)9(18)19-8(17)6(11)3-2-4-15-10(13)14/h5-7,16H,2-4,11-12H2,1H3,(H4,13,14,15)/t5-,6+,7+/m1/s1. The van der Waals surface area contributed by atoms with Crippen LogP contribution in [-0.2, 0) is 14.3 Å². The molecule has 0 unspecified atom stereocenters. The lowest BCUT2D eigenvalue weighted by molar-refractivity contribution is -0.163. The van der Waals surface area contributed by atoms with Crippen molar-refractivity contribution in [3.8, 4) is 0 Å². The number of guanidine groups is 1. The molecule has 19 heavy (non-hydrogen) atoms. The first-order valence-electron chi connectivity index (χ1n) is 5.75. The molecule has 0 radical (unpaired) electrons. The molecule has 0 aromatic rings. The third-order valence-corrected chi connectivity index (χ3v) is 2.26. The molecule has 0 aromatic heterocycles. The van der Waals surface area contributed by atoms with Crippen molar-refractivity contribution in [2.45, 2.75) is 38.0 Å². The molecule has 0 rings (SSSR count). The number of esters is 2. The van der Waals surface area contributed by atoms with Crippen LogP contribution in [0.25, 0.3) is 0 Å². The molecule has 0 aliphatic carbocycles. The zero-order chi connectivity index (χ0) is 15.0. The Hall–Kier alpha value is -1.71. The molecule has 9 nitrogen and oxygen atoms in total. The van der Waals surface area contributed by atoms with Gasteiger partial charge >= 0.3 is 11.9 Å². The van der Waals surface area contributed by atoms with Crippen LogP contribution in [0.4, 0.5) is 0 Å². The summed E-state index contributed by atoms with van der Waals surface area (Å²) in [6, 6.07) is -2.25. The molecule has 0 aliphatic rings. The second kappa shape index (κ2) is 8.40. The molecule has 0 amide bonds. The first-order chi connectivity index (χ1) is 8.75. The number of hydrogen-bond acceptors (Lipinski definition) is 7. The van der Waals surface area contributed by atoms with Crippen molar-refractivity contribution >= 4 is 17.9 Å². The van der Waals surface area contributed by atoms with Crippen LogP contribution in [0.3, 0.4) is 0 Å². The highest BCUT2D eigenvalue weighted by atomic mass is 16.6. The van der Waals surface area contributed by atoms with Crippen LogP contribution in [0.2, 0.25) is 0 Å². The molecule has 9 heteroatoms. The average molecular weight is 275 g/mol. The number of aliphatic imine (C=N–C) groups is 1. The van der Waals surface area contributed by atoms with Gasteiger partial charge in [-0.2, -0.15) is 0 Å². The van der Waals surface area contributed by atoms with Crippen LogP contribution in [0.1, 0.15) is 19.8 Å². The number of ether oxygens (including phenoxy) is 1. The van der Waals surface area contributed by atoms with Gasteiger partial charge in [0.25, 0.3) is 0 Å². The maximum absolute atomic E-state index is 11.4. The van der Waals surface area contributed by atoms with Crippen molar-refractivity contribution in [1.82, 2.24) is 0 Å². The van der Waals surface area contributed by atoms with Gasteiger partial charge in [0.15, 0.2) is 5.96 Å². The molecule has 0 bridgehead atoms. The molecule has 3 atom stereocenters. The topological polar surface area (TPSA) is 180 Å². The molecule has 0 aliphatic heterocycles. The van der Waals surface area contributed by atoms with Gasteiger partial charge in [-0.25, -0.2) is 9.59 Å². The van der Waals surface area contributed by atoms with Crippen LogP contribution in [0, 0.1) is 0 Å². The summed E-state index contributed by atoms with van der Waals surface area (Å²) in [7, 11) is 0. The minimum absolute atomic E-state index is 0.0470. The van der Waals surface area contributed by atoms with Crippen molar-refractivity contribution in [2.75, 3.05) is 6.54 Å². The highest BCUT2D eigenvalue weighted by molar-refractivity contribution is 5.90. The number of aliphatic hydroxyl groups is 1. The number of hydrogen-bond donors (Lipinski definition) is 5. The number of rotatable bonds is 7. The van der Waals surface area contributed by atoms with E-state index in [9.17, 15) is 9.59 Å². The highest BCUT2D eigenvalue weighted by Crippen LogP contribution is 2.00. The first kappa shape index (κ1) is 17.3. The molecule has 0 spiro atoms. The Kier molecular flexibility index (Phi) is 7.65. The quantitative estimate of drug-likeness (QED) is 0.108. The van der Waals surface area contributed by atoms with Crippen molar-refractivity contribution in [3.05, 3.63) is 0 Å². The van der Waals surface area contributed by atoms with E-state index in [4.69, 9.17) is 28.0 Å². The van der Waals surface area contributed by atoms with E-state index in [1.54, 1.807) is 0 Å². The molecule has 0 fully saturated rings. The first-order valence-corrected chi connectivity index (χ1v) is 5.75. The Morgan fingerprint density at radius 1 is 1.26 bits per heavy atom. The zero-order valence-electron chi connectivity index (χ0n) is 10.8. The SMILES string of the molecule is C[C@@H](O)[C@H](N)C(=O)OC(=O)[C@@H](N)CCCN=C(N)N. The summed E-state index contributed by atoms with van der Waals surface area (Å²) in [6.45, 7) is 1.63. The lowest BCUT2D eigenvalue weighted by atomic mass is 10.1. The van der Waals surface area contributed by atoms with Gasteiger partial charge in [0.2, 0.25) is 0 Å². The second-order valence-corrected chi connectivity index (χ2v) is 4.06. The fraction of sp³-hybridized carbons (Fsp3) is 0.700. The molecule has 110 valence electrons. The van der Waals surface area contributed by atoms with Crippen LogP contribution < -0.4 is 22.9 Å². The van der Waals surface area contributed by atoms with Crippen LogP contribution in [-0.4, -0.2) is 47.7 Å². The molecule has 0 heterocycles. The number of nitrogens with two attached hydrogens (primary N) is 4. The Bertz CT molecular complexity index is 341. The monoisotopic (exact) mass is 275 g/mol. The Morgan fingerprint density at radius 2 is 1.84 bits per heavy atom. The number of aliphatic hydroxyl groups excluding tert-OH is 1. The Morgan fingerprint density at radius 3 is 2.32 bits per heavy atom. The molecule has 0 saturated heterocycles. The average Bonchev–Trinajstić information content (AvgIpc) is 2.32. The van der Waals surface area contributed by atoms with E-state index < -0.39 is 30.1 Å². The van der Waals surface area contributed by atoms with Crippen molar-refractivity contribution < 1.29 is 19.4 Å². The minimum Gasteiger partial charge on any atom is -0.391 e. The van der Waals surface area contributed by atoms with Gasteiger partial charge in [-0.15, -0.1) is 0 Å². The van der Waals surface area contributed by atoms with Crippen molar-refractivity contribution in [2.24, 2.45) is 27.9 Å². The van der Waals surface area contributed by atoms with E-state index in [0.717, 1.165) is 0 Å². The Labute approximate surface area is 111 Å². The van der Waals surface area contributed by atoms with E-state index >= 15 is 0 Å². The largest absolute Gasteiger partial charge is 0.391 e. The van der Waals surface area contributed by atoms with Gasteiger partial charge < -0.3 is 32.8 Å². The summed E-state index contributed by atoms with van der Waals surface area (Å²) >= 11 is 0. The molecule has 0 aromatic carbocycles. The zero-order valence-corrected chi connectivity index (χ0v) is 10.8. The minimum atomic E-state index is -1.28. The predicted octanol–water partition coefficient (Wildman–Crippen LogP) is -2.85. The van der Waals surface area contributed by atoms with E-state index in [-0.39, 0.29) is 12.4 Å². The number of carbonyl (C=O) groups is 2. The van der Waals surface area contributed by atoms with Crippen LogP contribution >= 0.6 is 0 Å². The molecular weight excluding hydrogens is 254 g/mol. The summed E-state index contributed by atoms with van der Waals surface area (Å²) in [4.78, 5) is 26.4. The third kappa shape index (κ3) is 7.34. The summed E-state index contributed by atoms with van der Waals surface area (Å²) in [5, 5.41) is 9.06. The van der Waals surface area contributed by atoms with Gasteiger partial charge in [-0.05, 0) is 19.8 Å². The summed E-state index contributed by atoms with van der Waals surface area (Å²) in [5.74, 6) is -1.96. The predicted molar refractivity (Wildman–Crippen MR) is 68.6 cm³/mol. The van der Waals surface area contributed by atoms with E-state index in [0.29, 0.717) is 13.0 Å². The second-order valence-electron chi connectivity index (χ2n) is 4.06. The highest BCUT2D eigenvalue weighted by Gasteiger charge is 2.25. The van der Waals surface area contributed by atoms with Crippen molar-refractivity contribution in [1.29, 1.82) is 0 Å². The molecule has 9 N–H and O–H groups in total.